The Labute approximate surface area is 79.9 Å². The van der Waals surface area contributed by atoms with E-state index in [0.29, 0.717) is 5.30 Å². The molecule has 0 radical (unpaired) electrons. The van der Waals surface area contributed by atoms with E-state index in [1.54, 1.807) is 24.3 Å². The Kier molecular flexibility index (Phi) is 3.19. The summed E-state index contributed by atoms with van der Waals surface area (Å²) in [7, 11) is 0. The molecule has 0 N–H and O–H groups in total. The molecule has 0 bridgehead atoms. The van der Waals surface area contributed by atoms with Gasteiger partial charge in [0.05, 0.1) is 4.88 Å². The van der Waals surface area contributed by atoms with Crippen LogP contribution in [0.3, 0.4) is 0 Å². The first-order chi connectivity index (χ1) is 5.67. The van der Waals surface area contributed by atoms with Gasteiger partial charge in [0, 0.05) is 4.91 Å². The number of azide groups is 1. The minimum Gasteiger partial charge on any atom is -0.0620 e. The minimum atomic E-state index is -2.64. The van der Waals surface area contributed by atoms with Crippen molar-refractivity contribution in [1.29, 1.82) is 0 Å². The maximum absolute atomic E-state index is 8.18. The summed E-state index contributed by atoms with van der Waals surface area (Å²) in [6, 6.07) is 8.90. The van der Waals surface area contributed by atoms with E-state index in [4.69, 9.17) is 28.0 Å². The van der Waals surface area contributed by atoms with Crippen molar-refractivity contribution in [2.45, 2.75) is 0 Å². The third kappa shape index (κ3) is 2.26. The second kappa shape index (κ2) is 3.97. The monoisotopic (exact) mass is 220 g/mol. The second-order valence-electron chi connectivity index (χ2n) is 2.00. The van der Waals surface area contributed by atoms with Crippen LogP contribution in [0.25, 0.3) is 10.4 Å². The van der Waals surface area contributed by atoms with Crippen LogP contribution in [0, 0.1) is 0 Å². The molecule has 0 unspecified atom stereocenters. The molecule has 0 saturated carbocycles. The zero-order chi connectivity index (χ0) is 9.03. The summed E-state index contributed by atoms with van der Waals surface area (Å²) in [6.45, 7) is 0. The molecule has 1 aromatic carbocycles. The lowest BCUT2D eigenvalue weighted by Crippen LogP contribution is -1.97. The third-order valence-electron chi connectivity index (χ3n) is 1.22. The summed E-state index contributed by atoms with van der Waals surface area (Å²) in [5, 5.41) is 0.672. The van der Waals surface area contributed by atoms with Crippen molar-refractivity contribution in [3.8, 4) is 0 Å². The fourth-order valence-corrected chi connectivity index (χ4v) is 2.30. The van der Waals surface area contributed by atoms with E-state index in [2.05, 4.69) is 9.80 Å². The Balaban J connectivity index is 3.05. The van der Waals surface area contributed by atoms with Crippen molar-refractivity contribution >= 4 is 33.9 Å². The van der Waals surface area contributed by atoms with E-state index in [1.807, 2.05) is 6.07 Å². The molecular formula is C6H5Cl2N3P+. The molecule has 0 aromatic heterocycles. The van der Waals surface area contributed by atoms with E-state index in [1.165, 1.54) is 0 Å². The fraction of sp³-hybridized carbons (Fsp3) is 0. The van der Waals surface area contributed by atoms with Crippen LogP contribution in [-0.2, 0) is 0 Å². The van der Waals surface area contributed by atoms with Gasteiger partial charge in [0.2, 0.25) is 0 Å². The fourth-order valence-electron chi connectivity index (χ4n) is 0.709. The van der Waals surface area contributed by atoms with Gasteiger partial charge < -0.3 is 0 Å². The normalized spacial score (nSPS) is 10.5. The highest BCUT2D eigenvalue weighted by Crippen LogP contribution is 2.69. The SMILES string of the molecule is [N-]=[N+]=N[P+](Cl)(Cl)c1ccccc1. The van der Waals surface area contributed by atoms with Crippen molar-refractivity contribution in [2.24, 2.45) is 4.88 Å². The zero-order valence-corrected chi connectivity index (χ0v) is 8.34. The predicted molar refractivity (Wildman–Crippen MR) is 53.8 cm³/mol. The Morgan fingerprint density at radius 3 is 2.33 bits per heavy atom. The summed E-state index contributed by atoms with van der Waals surface area (Å²) in [5.74, 6) is 0. The lowest BCUT2D eigenvalue weighted by atomic mass is 10.4. The van der Waals surface area contributed by atoms with Gasteiger partial charge in [-0.05, 0) is 17.7 Å². The topological polar surface area (TPSA) is 48.8 Å². The molecular weight excluding hydrogens is 216 g/mol. The van der Waals surface area contributed by atoms with Gasteiger partial charge in [0.1, 0.15) is 27.8 Å². The largest absolute Gasteiger partial charge is 0.352 e. The zero-order valence-electron chi connectivity index (χ0n) is 5.93. The summed E-state index contributed by atoms with van der Waals surface area (Å²) in [6.07, 6.45) is -2.64. The molecule has 0 aliphatic heterocycles. The number of halogens is 2. The first kappa shape index (κ1) is 9.63. The Bertz CT molecular complexity index is 308. The van der Waals surface area contributed by atoms with E-state index in [9.17, 15) is 0 Å². The first-order valence-corrected chi connectivity index (χ1v) is 6.62. The van der Waals surface area contributed by atoms with Gasteiger partial charge in [-0.3, -0.25) is 0 Å². The molecule has 1 aromatic rings. The van der Waals surface area contributed by atoms with Crippen LogP contribution < -0.4 is 5.30 Å². The molecule has 0 atom stereocenters. The smallest absolute Gasteiger partial charge is 0.0620 e. The van der Waals surface area contributed by atoms with Gasteiger partial charge in [-0.2, -0.15) is 0 Å². The summed E-state index contributed by atoms with van der Waals surface area (Å²) >= 11 is 11.6. The lowest BCUT2D eigenvalue weighted by molar-refractivity contribution is 1.73. The van der Waals surface area contributed by atoms with E-state index >= 15 is 0 Å². The molecule has 62 valence electrons. The standard InChI is InChI=1S/C6H5Cl2N3P/c7-12(8,11-10-9)6-4-2-1-3-5-6/h1-5H/q+1. The lowest BCUT2D eigenvalue weighted by Gasteiger charge is -1.98. The number of hydrogen-bond acceptors (Lipinski definition) is 1. The molecule has 1 rings (SSSR count). The average Bonchev–Trinajstić information content (AvgIpc) is 2.06. The number of hydrogen-bond donors (Lipinski definition) is 0. The number of rotatable bonds is 2. The highest BCUT2D eigenvalue weighted by Gasteiger charge is 2.38. The van der Waals surface area contributed by atoms with Gasteiger partial charge in [-0.25, -0.2) is 0 Å². The number of benzene rings is 1. The highest BCUT2D eigenvalue weighted by atomic mass is 35.9. The molecule has 0 heterocycles. The van der Waals surface area contributed by atoms with Gasteiger partial charge in [0.15, 0.2) is 0 Å². The minimum absolute atomic E-state index is 0.672. The van der Waals surface area contributed by atoms with Gasteiger partial charge in [-0.1, -0.05) is 18.2 Å². The van der Waals surface area contributed by atoms with Crippen LogP contribution in [0.5, 0.6) is 0 Å². The average molecular weight is 221 g/mol. The van der Waals surface area contributed by atoms with Crippen LogP contribution in [0.1, 0.15) is 0 Å². The molecule has 0 aliphatic carbocycles. The molecule has 12 heavy (non-hydrogen) atoms. The van der Waals surface area contributed by atoms with E-state index in [0.717, 1.165) is 0 Å². The van der Waals surface area contributed by atoms with Crippen LogP contribution in [0.4, 0.5) is 0 Å². The highest BCUT2D eigenvalue weighted by molar-refractivity contribution is 8.21. The molecule has 0 spiro atoms. The molecule has 0 amide bonds. The molecule has 6 heteroatoms. The van der Waals surface area contributed by atoms with Crippen LogP contribution in [0.2, 0.25) is 0 Å². The van der Waals surface area contributed by atoms with Crippen molar-refractivity contribution in [2.75, 3.05) is 0 Å². The maximum Gasteiger partial charge on any atom is 0.352 e. The van der Waals surface area contributed by atoms with E-state index < -0.39 is 6.12 Å². The van der Waals surface area contributed by atoms with Crippen molar-refractivity contribution in [3.63, 3.8) is 0 Å². The van der Waals surface area contributed by atoms with Gasteiger partial charge >= 0.3 is 6.12 Å². The summed E-state index contributed by atoms with van der Waals surface area (Å²) in [5.41, 5.74) is 8.18. The predicted octanol–water partition coefficient (Wildman–Crippen LogP) is 3.86. The quantitative estimate of drug-likeness (QED) is 0.315. The van der Waals surface area contributed by atoms with E-state index in [-0.39, 0.29) is 0 Å². The molecule has 3 nitrogen and oxygen atoms in total. The maximum atomic E-state index is 8.18. The first-order valence-electron chi connectivity index (χ1n) is 3.07. The molecule has 0 fully saturated rings. The Hall–Kier alpha value is -0.460. The van der Waals surface area contributed by atoms with Crippen LogP contribution >= 0.6 is 28.6 Å². The number of nitrogens with zero attached hydrogens (tertiary/aromatic N) is 3. The molecule has 0 aliphatic rings. The Morgan fingerprint density at radius 2 is 1.83 bits per heavy atom. The molecule has 0 saturated heterocycles. The summed E-state index contributed by atoms with van der Waals surface area (Å²) < 4.78 is 0. The van der Waals surface area contributed by atoms with Gasteiger partial charge in [0.25, 0.3) is 0 Å². The van der Waals surface area contributed by atoms with Crippen LogP contribution in [0.15, 0.2) is 35.2 Å². The van der Waals surface area contributed by atoms with Crippen molar-refractivity contribution in [3.05, 3.63) is 40.8 Å². The third-order valence-corrected chi connectivity index (χ3v) is 4.02. The van der Waals surface area contributed by atoms with Gasteiger partial charge in [-0.15, -0.1) is 0 Å². The van der Waals surface area contributed by atoms with Crippen molar-refractivity contribution in [1.82, 2.24) is 0 Å². The Morgan fingerprint density at radius 1 is 1.25 bits per heavy atom. The summed E-state index contributed by atoms with van der Waals surface area (Å²) in [4.78, 5) is 5.94. The van der Waals surface area contributed by atoms with Crippen LogP contribution in [-0.4, -0.2) is 0 Å². The second-order valence-corrected chi connectivity index (χ2v) is 7.12. The van der Waals surface area contributed by atoms with Crippen molar-refractivity contribution < 1.29 is 0 Å².